The van der Waals surface area contributed by atoms with Crippen LogP contribution in [0.1, 0.15) is 6.92 Å². The third-order valence-corrected chi connectivity index (χ3v) is 2.96. The zero-order valence-electron chi connectivity index (χ0n) is 11.6. The summed E-state index contributed by atoms with van der Waals surface area (Å²) in [7, 11) is 3.67. The lowest BCUT2D eigenvalue weighted by atomic mass is 10.1. The molecule has 1 heterocycles. The lowest BCUT2D eigenvalue weighted by Gasteiger charge is -2.12. The number of aryl methyl sites for hydroxylation is 1. The van der Waals surface area contributed by atoms with Crippen molar-refractivity contribution in [1.29, 1.82) is 0 Å². The van der Waals surface area contributed by atoms with E-state index in [0.29, 0.717) is 5.92 Å². The summed E-state index contributed by atoms with van der Waals surface area (Å²) in [5.41, 5.74) is 2.17. The quantitative estimate of drug-likeness (QED) is 0.865. The van der Waals surface area contributed by atoms with Crippen molar-refractivity contribution in [2.75, 3.05) is 25.6 Å². The van der Waals surface area contributed by atoms with Gasteiger partial charge >= 0.3 is 0 Å². The van der Waals surface area contributed by atoms with Crippen molar-refractivity contribution in [2.45, 2.75) is 6.92 Å². The van der Waals surface area contributed by atoms with E-state index in [1.165, 1.54) is 0 Å². The lowest BCUT2D eigenvalue weighted by molar-refractivity contribution is 0.164. The Labute approximate surface area is 113 Å². The normalized spacial score (nSPS) is 12.4. The van der Waals surface area contributed by atoms with Gasteiger partial charge in [-0.2, -0.15) is 0 Å². The van der Waals surface area contributed by atoms with Crippen molar-refractivity contribution in [3.8, 4) is 11.4 Å². The molecule has 2 aromatic rings. The number of nitrogens with one attached hydrogen (secondary N) is 1. The van der Waals surface area contributed by atoms with E-state index in [0.717, 1.165) is 30.2 Å². The zero-order valence-corrected chi connectivity index (χ0v) is 11.6. The van der Waals surface area contributed by atoms with E-state index < -0.39 is 0 Å². The Kier molecular flexibility index (Phi) is 4.52. The monoisotopic (exact) mass is 260 g/mol. The minimum Gasteiger partial charge on any atom is -0.385 e. The molecule has 2 rings (SSSR count). The first-order valence-corrected chi connectivity index (χ1v) is 6.38. The van der Waals surface area contributed by atoms with Gasteiger partial charge in [0.05, 0.1) is 6.61 Å². The van der Waals surface area contributed by atoms with Gasteiger partial charge in [-0.05, 0) is 30.2 Å². The first-order chi connectivity index (χ1) is 9.20. The van der Waals surface area contributed by atoms with Crippen molar-refractivity contribution in [1.82, 2.24) is 14.8 Å². The molecule has 0 aliphatic heterocycles. The van der Waals surface area contributed by atoms with Crippen LogP contribution in [0.3, 0.4) is 0 Å². The molecule has 102 valence electrons. The van der Waals surface area contributed by atoms with Gasteiger partial charge in [-0.3, -0.25) is 0 Å². The summed E-state index contributed by atoms with van der Waals surface area (Å²) in [5, 5.41) is 11.4. The topological polar surface area (TPSA) is 52.0 Å². The van der Waals surface area contributed by atoms with Crippen molar-refractivity contribution in [2.24, 2.45) is 13.0 Å². The fourth-order valence-corrected chi connectivity index (χ4v) is 1.92. The summed E-state index contributed by atoms with van der Waals surface area (Å²) >= 11 is 0. The van der Waals surface area contributed by atoms with Gasteiger partial charge in [0, 0.05) is 32.0 Å². The van der Waals surface area contributed by atoms with E-state index in [9.17, 15) is 0 Å². The van der Waals surface area contributed by atoms with Crippen LogP contribution in [0, 0.1) is 5.92 Å². The molecule has 0 radical (unpaired) electrons. The standard InChI is InChI=1S/C14H20N4O/c1-11(9-19-3)8-15-13-6-4-12(5-7-13)14-17-16-10-18(14)2/h4-7,10-11,15H,8-9H2,1-3H3. The molecule has 0 bridgehead atoms. The summed E-state index contributed by atoms with van der Waals surface area (Å²) in [4.78, 5) is 0. The van der Waals surface area contributed by atoms with Crippen molar-refractivity contribution < 1.29 is 4.74 Å². The molecule has 0 aliphatic carbocycles. The van der Waals surface area contributed by atoms with Crippen LogP contribution in [0.4, 0.5) is 5.69 Å². The van der Waals surface area contributed by atoms with Gasteiger partial charge in [-0.25, -0.2) is 0 Å². The molecule has 19 heavy (non-hydrogen) atoms. The molecule has 0 saturated heterocycles. The number of hydrogen-bond acceptors (Lipinski definition) is 4. The highest BCUT2D eigenvalue weighted by atomic mass is 16.5. The SMILES string of the molecule is COCC(C)CNc1ccc(-c2nncn2C)cc1. The first-order valence-electron chi connectivity index (χ1n) is 6.38. The summed E-state index contributed by atoms with van der Waals surface area (Å²) in [5.74, 6) is 1.36. The Morgan fingerprint density at radius 3 is 2.63 bits per heavy atom. The van der Waals surface area contributed by atoms with E-state index in [2.05, 4.69) is 34.6 Å². The maximum Gasteiger partial charge on any atom is 0.163 e. The first kappa shape index (κ1) is 13.5. The van der Waals surface area contributed by atoms with Crippen molar-refractivity contribution in [3.63, 3.8) is 0 Å². The van der Waals surface area contributed by atoms with Gasteiger partial charge in [-0.15, -0.1) is 10.2 Å². The predicted molar refractivity (Wildman–Crippen MR) is 76.0 cm³/mol. The van der Waals surface area contributed by atoms with Gasteiger partial charge in [0.25, 0.3) is 0 Å². The van der Waals surface area contributed by atoms with Crippen LogP contribution >= 0.6 is 0 Å². The Bertz CT molecular complexity index is 506. The molecule has 1 unspecified atom stereocenters. The third kappa shape index (κ3) is 3.54. The molecule has 1 atom stereocenters. The molecule has 5 heteroatoms. The lowest BCUT2D eigenvalue weighted by Crippen LogP contribution is -2.15. The Hall–Kier alpha value is -1.88. The number of aromatic nitrogens is 3. The average Bonchev–Trinajstić information content (AvgIpc) is 2.84. The second kappa shape index (κ2) is 6.33. The number of rotatable bonds is 6. The Morgan fingerprint density at radius 1 is 1.32 bits per heavy atom. The Morgan fingerprint density at radius 2 is 2.05 bits per heavy atom. The van der Waals surface area contributed by atoms with Crippen LogP contribution in [0.2, 0.25) is 0 Å². The molecule has 0 amide bonds. The van der Waals surface area contributed by atoms with Crippen LogP contribution in [0.15, 0.2) is 30.6 Å². The number of nitrogens with zero attached hydrogens (tertiary/aromatic N) is 3. The summed E-state index contributed by atoms with van der Waals surface area (Å²) in [6.45, 7) is 3.82. The highest BCUT2D eigenvalue weighted by Crippen LogP contribution is 2.18. The van der Waals surface area contributed by atoms with Crippen LogP contribution in [0.5, 0.6) is 0 Å². The average molecular weight is 260 g/mol. The number of benzene rings is 1. The second-order valence-corrected chi connectivity index (χ2v) is 4.78. The maximum absolute atomic E-state index is 5.12. The highest BCUT2D eigenvalue weighted by molar-refractivity contribution is 5.59. The third-order valence-electron chi connectivity index (χ3n) is 2.96. The molecular weight excluding hydrogens is 240 g/mol. The summed E-state index contributed by atoms with van der Waals surface area (Å²) in [6, 6.07) is 8.22. The minimum atomic E-state index is 0.489. The summed E-state index contributed by atoms with van der Waals surface area (Å²) in [6.07, 6.45) is 1.70. The fourth-order valence-electron chi connectivity index (χ4n) is 1.92. The molecule has 1 N–H and O–H groups in total. The van der Waals surface area contributed by atoms with Crippen LogP contribution in [-0.4, -0.2) is 35.0 Å². The summed E-state index contributed by atoms with van der Waals surface area (Å²) < 4.78 is 7.02. The van der Waals surface area contributed by atoms with Crippen molar-refractivity contribution >= 4 is 5.69 Å². The number of hydrogen-bond donors (Lipinski definition) is 1. The maximum atomic E-state index is 5.12. The highest BCUT2D eigenvalue weighted by Gasteiger charge is 2.05. The van der Waals surface area contributed by atoms with Gasteiger partial charge in [0.15, 0.2) is 5.82 Å². The van der Waals surface area contributed by atoms with Gasteiger partial charge < -0.3 is 14.6 Å². The van der Waals surface area contributed by atoms with Gasteiger partial charge in [-0.1, -0.05) is 6.92 Å². The van der Waals surface area contributed by atoms with E-state index in [4.69, 9.17) is 4.74 Å². The molecule has 1 aromatic heterocycles. The molecule has 0 saturated carbocycles. The molecule has 0 aliphatic rings. The number of anilines is 1. The van der Waals surface area contributed by atoms with Gasteiger partial charge in [0.2, 0.25) is 0 Å². The van der Waals surface area contributed by atoms with E-state index in [1.54, 1.807) is 13.4 Å². The molecule has 0 fully saturated rings. The van der Waals surface area contributed by atoms with E-state index >= 15 is 0 Å². The predicted octanol–water partition coefficient (Wildman–Crippen LogP) is 2.18. The molecule has 5 nitrogen and oxygen atoms in total. The molecular formula is C14H20N4O. The van der Waals surface area contributed by atoms with Crippen LogP contribution in [-0.2, 0) is 11.8 Å². The van der Waals surface area contributed by atoms with Crippen LogP contribution < -0.4 is 5.32 Å². The van der Waals surface area contributed by atoms with Gasteiger partial charge in [0.1, 0.15) is 6.33 Å². The Balaban J connectivity index is 1.97. The largest absolute Gasteiger partial charge is 0.385 e. The smallest absolute Gasteiger partial charge is 0.163 e. The zero-order chi connectivity index (χ0) is 13.7. The van der Waals surface area contributed by atoms with E-state index in [1.807, 2.05) is 23.7 Å². The molecule has 0 spiro atoms. The number of methoxy groups -OCH3 is 1. The second-order valence-electron chi connectivity index (χ2n) is 4.78. The minimum absolute atomic E-state index is 0.489. The van der Waals surface area contributed by atoms with Crippen LogP contribution in [0.25, 0.3) is 11.4 Å². The van der Waals surface area contributed by atoms with Crippen molar-refractivity contribution in [3.05, 3.63) is 30.6 Å². The fraction of sp³-hybridized carbons (Fsp3) is 0.429. The molecule has 1 aromatic carbocycles. The number of ether oxygens (including phenoxy) is 1. The van der Waals surface area contributed by atoms with E-state index in [-0.39, 0.29) is 0 Å².